The summed E-state index contributed by atoms with van der Waals surface area (Å²) in [6, 6.07) is 20.0. The number of nitrogens with one attached hydrogen (secondary N) is 2. The second-order valence-electron chi connectivity index (χ2n) is 12.9. The van der Waals surface area contributed by atoms with Gasteiger partial charge in [0.05, 0.1) is 6.10 Å². The molecule has 2 heterocycles. The maximum Gasteiger partial charge on any atom is 0.330 e. The van der Waals surface area contributed by atoms with Crippen LogP contribution in [0.1, 0.15) is 39.5 Å². The van der Waals surface area contributed by atoms with Crippen molar-refractivity contribution in [2.45, 2.75) is 70.3 Å². The van der Waals surface area contributed by atoms with Crippen molar-refractivity contribution in [2.75, 3.05) is 33.8 Å². The summed E-state index contributed by atoms with van der Waals surface area (Å²) in [4.78, 5) is 42.6. The van der Waals surface area contributed by atoms with Gasteiger partial charge in [-0.25, -0.2) is 4.79 Å². The molecule has 0 saturated carbocycles. The van der Waals surface area contributed by atoms with E-state index in [0.29, 0.717) is 18.7 Å². The molecule has 0 radical (unpaired) electrons. The molecule has 0 unspecified atom stereocenters. The van der Waals surface area contributed by atoms with Crippen molar-refractivity contribution in [3.05, 3.63) is 93.3 Å². The van der Waals surface area contributed by atoms with Gasteiger partial charge in [0.1, 0.15) is 24.9 Å². The average molecular weight is 639 g/mol. The minimum absolute atomic E-state index is 0.295. The van der Waals surface area contributed by atoms with E-state index in [2.05, 4.69) is 55.3 Å². The maximum atomic E-state index is 13.1. The number of hydrogen-bond acceptors (Lipinski definition) is 8. The molecule has 1 aliphatic heterocycles. The summed E-state index contributed by atoms with van der Waals surface area (Å²) in [5, 5.41) is 15.5. The van der Waals surface area contributed by atoms with Crippen LogP contribution in [0.15, 0.2) is 76.4 Å². The van der Waals surface area contributed by atoms with E-state index in [4.69, 9.17) is 13.9 Å². The van der Waals surface area contributed by atoms with E-state index >= 15 is 0 Å². The van der Waals surface area contributed by atoms with Gasteiger partial charge in [-0.15, -0.1) is 0 Å². The molecule has 3 aromatic rings. The zero-order valence-electron chi connectivity index (χ0n) is 27.2. The lowest BCUT2D eigenvalue weighted by Crippen LogP contribution is -2.69. The van der Waals surface area contributed by atoms with Crippen LogP contribution in [0, 0.1) is 6.92 Å². The number of rotatable bonds is 12. The third-order valence-corrected chi connectivity index (χ3v) is 13.2. The molecule has 1 aliphatic rings. The highest BCUT2D eigenvalue weighted by molar-refractivity contribution is 6.99. The quantitative estimate of drug-likeness (QED) is 0.252. The predicted molar refractivity (Wildman–Crippen MR) is 175 cm³/mol. The fourth-order valence-corrected chi connectivity index (χ4v) is 10.6. The lowest BCUT2D eigenvalue weighted by Gasteiger charge is -2.46. The van der Waals surface area contributed by atoms with Gasteiger partial charge < -0.3 is 29.2 Å². The second kappa shape index (κ2) is 14.4. The molecule has 0 bridgehead atoms. The summed E-state index contributed by atoms with van der Waals surface area (Å²) >= 11 is 0. The van der Waals surface area contributed by atoms with Gasteiger partial charge in [0.15, 0.2) is 6.23 Å². The summed E-state index contributed by atoms with van der Waals surface area (Å²) in [5.41, 5.74) is -0.919. The van der Waals surface area contributed by atoms with Crippen molar-refractivity contribution >= 4 is 24.6 Å². The first-order valence-corrected chi connectivity index (χ1v) is 17.1. The SMILES string of the molecule is Cc1cn([C@@H]2O[C@H]([C@@H](C)O)[C@@H](O[Si](c3ccccc3)(c3ccccc3)C(C)(C)C)[C@H]2OCC(=O)NCCN(C)C)c(=O)[nH]c1=O. The highest BCUT2D eigenvalue weighted by Crippen LogP contribution is 2.42. The maximum absolute atomic E-state index is 13.1. The van der Waals surface area contributed by atoms with Gasteiger partial charge in [0, 0.05) is 24.8 Å². The van der Waals surface area contributed by atoms with Crippen LogP contribution in [0.4, 0.5) is 0 Å². The van der Waals surface area contributed by atoms with Crippen molar-refractivity contribution in [2.24, 2.45) is 0 Å². The molecule has 1 fully saturated rings. The molecule has 0 spiro atoms. The molecule has 4 rings (SSSR count). The first-order valence-electron chi connectivity index (χ1n) is 15.2. The van der Waals surface area contributed by atoms with E-state index < -0.39 is 55.2 Å². The lowest BCUT2D eigenvalue weighted by molar-refractivity contribution is -0.132. The molecule has 45 heavy (non-hydrogen) atoms. The number of benzene rings is 2. The van der Waals surface area contributed by atoms with Crippen LogP contribution in [-0.2, 0) is 18.7 Å². The minimum atomic E-state index is -3.22. The molecule has 5 atom stereocenters. The number of hydrogen-bond donors (Lipinski definition) is 3. The predicted octanol–water partition coefficient (Wildman–Crippen LogP) is 1.13. The Balaban J connectivity index is 1.85. The number of ether oxygens (including phenoxy) is 2. The van der Waals surface area contributed by atoms with Gasteiger partial charge in [-0.2, -0.15) is 0 Å². The molecule has 12 heteroatoms. The van der Waals surface area contributed by atoms with E-state index in [-0.39, 0.29) is 12.5 Å². The molecule has 1 saturated heterocycles. The number of aromatic amines is 1. The molecular formula is C33H46N4O7Si. The Hall–Kier alpha value is -3.39. The Kier molecular flexibility index (Phi) is 11.0. The summed E-state index contributed by atoms with van der Waals surface area (Å²) in [6.45, 7) is 10.3. The Morgan fingerprint density at radius 3 is 2.16 bits per heavy atom. The van der Waals surface area contributed by atoms with E-state index in [0.717, 1.165) is 10.4 Å². The number of aromatic nitrogens is 2. The van der Waals surface area contributed by atoms with Gasteiger partial charge in [0.2, 0.25) is 5.91 Å². The summed E-state index contributed by atoms with van der Waals surface area (Å²) in [7, 11) is 0.605. The van der Waals surface area contributed by atoms with Crippen molar-refractivity contribution in [3.8, 4) is 0 Å². The standard InChI is InChI=1S/C33H46N4O7Si/c1-22-20-37(32(41)35-30(22)40)31-29(42-21-26(39)34-18-19-36(6)7)28(27(43-31)23(2)38)44-45(33(3,4)5,24-14-10-8-11-15-24)25-16-12-9-13-17-25/h8-17,20,23,27-29,31,38H,18-19,21H2,1-7H3,(H,34,39)(H,35,40,41)/t23-,27-,28-,29-,31-/m1/s1. The number of likely N-dealkylation sites (N-methyl/N-ethyl adjacent to an activating group) is 1. The largest absolute Gasteiger partial charge is 0.399 e. The number of aliphatic hydroxyl groups is 1. The lowest BCUT2D eigenvalue weighted by atomic mass is 10.1. The Morgan fingerprint density at radius 2 is 1.64 bits per heavy atom. The van der Waals surface area contributed by atoms with Gasteiger partial charge in [-0.05, 0) is 43.4 Å². The van der Waals surface area contributed by atoms with Crippen molar-refractivity contribution in [1.82, 2.24) is 19.8 Å². The molecule has 2 aromatic carbocycles. The zero-order valence-corrected chi connectivity index (χ0v) is 28.2. The summed E-state index contributed by atoms with van der Waals surface area (Å²) < 4.78 is 21.4. The van der Waals surface area contributed by atoms with Crippen molar-refractivity contribution in [1.29, 1.82) is 0 Å². The monoisotopic (exact) mass is 638 g/mol. The third-order valence-electron chi connectivity index (χ3n) is 8.14. The summed E-state index contributed by atoms with van der Waals surface area (Å²) in [6.07, 6.45) is -3.58. The second-order valence-corrected chi connectivity index (χ2v) is 17.1. The first-order chi connectivity index (χ1) is 21.3. The Bertz CT molecular complexity index is 1500. The molecular weight excluding hydrogens is 592 g/mol. The van der Waals surface area contributed by atoms with Gasteiger partial charge in [0.25, 0.3) is 13.9 Å². The highest BCUT2D eigenvalue weighted by atomic mass is 28.4. The number of nitrogens with zero attached hydrogens (tertiary/aromatic N) is 2. The first kappa shape index (κ1) is 34.5. The minimum Gasteiger partial charge on any atom is -0.399 e. The van der Waals surface area contributed by atoms with Crippen LogP contribution in [-0.4, -0.2) is 92.0 Å². The average Bonchev–Trinajstić information content (AvgIpc) is 3.34. The Labute approximate surface area is 265 Å². The molecule has 1 aromatic heterocycles. The van der Waals surface area contributed by atoms with E-state index in [1.165, 1.54) is 10.8 Å². The van der Waals surface area contributed by atoms with Crippen LogP contribution in [0.25, 0.3) is 0 Å². The third kappa shape index (κ3) is 7.54. The summed E-state index contributed by atoms with van der Waals surface area (Å²) in [5.74, 6) is -0.342. The van der Waals surface area contributed by atoms with Crippen molar-refractivity contribution in [3.63, 3.8) is 0 Å². The molecule has 11 nitrogen and oxygen atoms in total. The number of H-pyrrole nitrogens is 1. The fourth-order valence-electron chi connectivity index (χ4n) is 5.90. The number of aliphatic hydroxyl groups excluding tert-OH is 1. The van der Waals surface area contributed by atoms with Gasteiger partial charge in [-0.3, -0.25) is 19.1 Å². The number of amides is 1. The van der Waals surface area contributed by atoms with E-state index in [9.17, 15) is 19.5 Å². The van der Waals surface area contributed by atoms with Crippen LogP contribution in [0.2, 0.25) is 5.04 Å². The van der Waals surface area contributed by atoms with Crippen molar-refractivity contribution < 1.29 is 23.8 Å². The Morgan fingerprint density at radius 1 is 1.07 bits per heavy atom. The van der Waals surface area contributed by atoms with E-state index in [1.54, 1.807) is 13.8 Å². The van der Waals surface area contributed by atoms with Crippen LogP contribution in [0.3, 0.4) is 0 Å². The number of carbonyl (C=O) groups excluding carboxylic acids is 1. The molecule has 244 valence electrons. The molecule has 1 amide bonds. The normalized spacial score (nSPS) is 21.2. The van der Waals surface area contributed by atoms with Crippen LogP contribution >= 0.6 is 0 Å². The van der Waals surface area contributed by atoms with E-state index in [1.807, 2.05) is 55.4 Å². The highest BCUT2D eigenvalue weighted by Gasteiger charge is 2.58. The molecule has 0 aliphatic carbocycles. The van der Waals surface area contributed by atoms with Gasteiger partial charge in [-0.1, -0.05) is 81.4 Å². The number of aryl methyl sites for hydroxylation is 1. The molecule has 3 N–H and O–H groups in total. The zero-order chi connectivity index (χ0) is 32.9. The van der Waals surface area contributed by atoms with Crippen LogP contribution < -0.4 is 26.9 Å². The van der Waals surface area contributed by atoms with Gasteiger partial charge >= 0.3 is 5.69 Å². The number of carbonyl (C=O) groups is 1. The fraction of sp³-hybridized carbons (Fsp3) is 0.485. The topological polar surface area (TPSA) is 135 Å². The smallest absolute Gasteiger partial charge is 0.330 e. The van der Waals surface area contributed by atoms with Crippen LogP contribution in [0.5, 0.6) is 0 Å².